The van der Waals surface area contributed by atoms with Gasteiger partial charge in [-0.25, -0.2) is 0 Å². The summed E-state index contributed by atoms with van der Waals surface area (Å²) in [4.78, 5) is 1.93. The Bertz CT molecular complexity index is 234. The molecule has 78 valence electrons. The summed E-state index contributed by atoms with van der Waals surface area (Å²) >= 11 is 0. The molecule has 4 nitrogen and oxygen atoms in total. The van der Waals surface area contributed by atoms with Crippen molar-refractivity contribution in [2.75, 3.05) is 33.0 Å². The summed E-state index contributed by atoms with van der Waals surface area (Å²) in [6, 6.07) is 0. The molecule has 0 spiro atoms. The maximum absolute atomic E-state index is 11.1. The van der Waals surface area contributed by atoms with Gasteiger partial charge in [0.25, 0.3) is 10.1 Å². The zero-order valence-electron chi connectivity index (χ0n) is 8.19. The van der Waals surface area contributed by atoms with E-state index in [1.165, 1.54) is 6.08 Å². The van der Waals surface area contributed by atoms with Crippen LogP contribution in [-0.4, -0.2) is 46.3 Å². The second kappa shape index (κ2) is 6.12. The summed E-state index contributed by atoms with van der Waals surface area (Å²) in [5.41, 5.74) is 0. The highest BCUT2D eigenvalue weighted by atomic mass is 32.2. The molecule has 0 atom stereocenters. The van der Waals surface area contributed by atoms with Crippen molar-refractivity contribution in [1.82, 2.24) is 4.90 Å². The van der Waals surface area contributed by atoms with Crippen molar-refractivity contribution >= 4 is 10.1 Å². The van der Waals surface area contributed by atoms with E-state index in [0.717, 1.165) is 6.54 Å². The molecule has 5 heteroatoms. The van der Waals surface area contributed by atoms with Gasteiger partial charge in [-0.05, 0) is 27.1 Å². The first-order valence-corrected chi connectivity index (χ1v) is 5.68. The van der Waals surface area contributed by atoms with Crippen LogP contribution in [0.15, 0.2) is 12.7 Å². The molecule has 0 aromatic carbocycles. The molecule has 0 aliphatic heterocycles. The molecule has 0 aromatic heterocycles. The molecule has 0 N–H and O–H groups in total. The van der Waals surface area contributed by atoms with E-state index in [1.807, 2.05) is 19.0 Å². The molecule has 0 unspecified atom stereocenters. The van der Waals surface area contributed by atoms with E-state index in [1.54, 1.807) is 0 Å². The van der Waals surface area contributed by atoms with Crippen molar-refractivity contribution in [2.45, 2.75) is 6.42 Å². The van der Waals surface area contributed by atoms with Gasteiger partial charge in [0, 0.05) is 0 Å². The van der Waals surface area contributed by atoms with Crippen molar-refractivity contribution in [3.63, 3.8) is 0 Å². The van der Waals surface area contributed by atoms with Crippen LogP contribution in [0.1, 0.15) is 6.42 Å². The second-order valence-corrected chi connectivity index (χ2v) is 4.75. The number of nitrogens with zero attached hydrogens (tertiary/aromatic N) is 1. The van der Waals surface area contributed by atoms with Crippen LogP contribution in [-0.2, 0) is 14.3 Å². The molecule has 0 aliphatic rings. The predicted octanol–water partition coefficient (Wildman–Crippen LogP) is 0.471. The number of hydrogen-bond donors (Lipinski definition) is 0. The standard InChI is InChI=1S/C8H17NO3S/c1-4-7-12-13(10,11)8-5-6-9(2)3/h4H,1,5-8H2,2-3H3. The zero-order valence-corrected chi connectivity index (χ0v) is 9.01. The Balaban J connectivity index is 3.70. The summed E-state index contributed by atoms with van der Waals surface area (Å²) in [6.45, 7) is 4.18. The largest absolute Gasteiger partial charge is 0.309 e. The smallest absolute Gasteiger partial charge is 0.267 e. The van der Waals surface area contributed by atoms with Crippen molar-refractivity contribution in [1.29, 1.82) is 0 Å². The van der Waals surface area contributed by atoms with Crippen LogP contribution >= 0.6 is 0 Å². The van der Waals surface area contributed by atoms with Crippen molar-refractivity contribution in [3.05, 3.63) is 12.7 Å². The van der Waals surface area contributed by atoms with Crippen LogP contribution < -0.4 is 0 Å². The molecule has 0 heterocycles. The molecular formula is C8H17NO3S. The van der Waals surface area contributed by atoms with E-state index in [9.17, 15) is 8.42 Å². The van der Waals surface area contributed by atoms with Crippen LogP contribution in [0.3, 0.4) is 0 Å². The highest BCUT2D eigenvalue weighted by Gasteiger charge is 2.09. The summed E-state index contributed by atoms with van der Waals surface area (Å²) < 4.78 is 26.8. The molecule has 0 fully saturated rings. The number of rotatable bonds is 7. The minimum Gasteiger partial charge on any atom is -0.309 e. The monoisotopic (exact) mass is 207 g/mol. The first kappa shape index (κ1) is 12.6. The average molecular weight is 207 g/mol. The SMILES string of the molecule is C=CCOS(=O)(=O)CCCN(C)C. The predicted molar refractivity (Wildman–Crippen MR) is 53.1 cm³/mol. The van der Waals surface area contributed by atoms with E-state index < -0.39 is 10.1 Å². The summed E-state index contributed by atoms with van der Waals surface area (Å²) in [7, 11) is 0.463. The third-order valence-electron chi connectivity index (χ3n) is 1.37. The van der Waals surface area contributed by atoms with Gasteiger partial charge in [0.15, 0.2) is 0 Å². The Hall–Kier alpha value is -0.390. The lowest BCUT2D eigenvalue weighted by molar-refractivity contribution is 0.351. The van der Waals surface area contributed by atoms with Gasteiger partial charge in [-0.3, -0.25) is 4.18 Å². The topological polar surface area (TPSA) is 46.6 Å². The maximum atomic E-state index is 11.1. The van der Waals surface area contributed by atoms with E-state index in [2.05, 4.69) is 10.8 Å². The van der Waals surface area contributed by atoms with Crippen LogP contribution in [0.4, 0.5) is 0 Å². The van der Waals surface area contributed by atoms with Gasteiger partial charge in [-0.2, -0.15) is 8.42 Å². The normalized spacial score (nSPS) is 11.9. The van der Waals surface area contributed by atoms with Gasteiger partial charge < -0.3 is 4.90 Å². The van der Waals surface area contributed by atoms with Crippen LogP contribution in [0, 0.1) is 0 Å². The lowest BCUT2D eigenvalue weighted by atomic mass is 10.5. The maximum Gasteiger partial charge on any atom is 0.267 e. The minimum atomic E-state index is -3.34. The first-order chi connectivity index (χ1) is 5.98. The lowest BCUT2D eigenvalue weighted by Crippen LogP contribution is -2.18. The highest BCUT2D eigenvalue weighted by Crippen LogP contribution is 1.97. The summed E-state index contributed by atoms with van der Waals surface area (Å²) in [5, 5.41) is 0. The number of hydrogen-bond acceptors (Lipinski definition) is 4. The third kappa shape index (κ3) is 7.95. The third-order valence-corrected chi connectivity index (χ3v) is 2.65. The van der Waals surface area contributed by atoms with Crippen LogP contribution in [0.25, 0.3) is 0 Å². The second-order valence-electron chi connectivity index (χ2n) is 2.99. The van der Waals surface area contributed by atoms with Crippen molar-refractivity contribution in [2.24, 2.45) is 0 Å². The van der Waals surface area contributed by atoms with Gasteiger partial charge in [0.05, 0.1) is 12.4 Å². The molecule has 13 heavy (non-hydrogen) atoms. The fraction of sp³-hybridized carbons (Fsp3) is 0.750. The van der Waals surface area contributed by atoms with Crippen LogP contribution in [0.5, 0.6) is 0 Å². The Morgan fingerprint density at radius 3 is 2.54 bits per heavy atom. The summed E-state index contributed by atoms with van der Waals surface area (Å²) in [6.07, 6.45) is 2.01. The minimum absolute atomic E-state index is 0.0598. The first-order valence-electron chi connectivity index (χ1n) is 4.10. The van der Waals surface area contributed by atoms with E-state index in [4.69, 9.17) is 0 Å². The fourth-order valence-electron chi connectivity index (χ4n) is 0.768. The average Bonchev–Trinajstić information content (AvgIpc) is 2.00. The molecular weight excluding hydrogens is 190 g/mol. The van der Waals surface area contributed by atoms with Gasteiger partial charge in [0.2, 0.25) is 0 Å². The zero-order chi connectivity index (χ0) is 10.3. The quantitative estimate of drug-likeness (QED) is 0.450. The molecule has 0 saturated heterocycles. The highest BCUT2D eigenvalue weighted by molar-refractivity contribution is 7.86. The summed E-state index contributed by atoms with van der Waals surface area (Å²) in [5.74, 6) is 0.0685. The molecule has 0 radical (unpaired) electrons. The molecule has 0 aliphatic carbocycles. The molecule has 0 aromatic rings. The molecule has 0 amide bonds. The van der Waals surface area contributed by atoms with E-state index >= 15 is 0 Å². The van der Waals surface area contributed by atoms with Crippen LogP contribution in [0.2, 0.25) is 0 Å². The Morgan fingerprint density at radius 2 is 2.08 bits per heavy atom. The van der Waals surface area contributed by atoms with Gasteiger partial charge in [-0.1, -0.05) is 6.08 Å². The van der Waals surface area contributed by atoms with Gasteiger partial charge >= 0.3 is 0 Å². The van der Waals surface area contributed by atoms with Crippen molar-refractivity contribution in [3.8, 4) is 0 Å². The Labute approximate surface area is 80.3 Å². The van der Waals surface area contributed by atoms with Crippen molar-refractivity contribution < 1.29 is 12.6 Å². The molecule has 0 rings (SSSR count). The Morgan fingerprint density at radius 1 is 1.46 bits per heavy atom. The van der Waals surface area contributed by atoms with Gasteiger partial charge in [-0.15, -0.1) is 6.58 Å². The molecule has 0 saturated carbocycles. The lowest BCUT2D eigenvalue weighted by Gasteiger charge is -2.08. The molecule has 0 bridgehead atoms. The Kier molecular flexibility index (Phi) is 5.94. The fourth-order valence-corrected chi connectivity index (χ4v) is 1.67. The van der Waals surface area contributed by atoms with Gasteiger partial charge in [0.1, 0.15) is 0 Å². The van der Waals surface area contributed by atoms with E-state index in [-0.39, 0.29) is 12.4 Å². The van der Waals surface area contributed by atoms with E-state index in [0.29, 0.717) is 6.42 Å².